The molecule has 0 fully saturated rings. The number of esters is 1. The van der Waals surface area contributed by atoms with Gasteiger partial charge in [-0.1, -0.05) is 34.1 Å². The van der Waals surface area contributed by atoms with E-state index in [4.69, 9.17) is 18.9 Å². The quantitative estimate of drug-likeness (QED) is 0.246. The second-order valence-corrected chi connectivity index (χ2v) is 6.24. The summed E-state index contributed by atoms with van der Waals surface area (Å²) in [7, 11) is 0. The molecular formula is C22H34O5. The Bertz CT molecular complexity index is 580. The smallest absolute Gasteiger partial charge is 0.330 e. The van der Waals surface area contributed by atoms with Gasteiger partial charge in [0, 0.05) is 17.7 Å². The maximum absolute atomic E-state index is 11.9. The zero-order valence-corrected chi connectivity index (χ0v) is 17.2. The van der Waals surface area contributed by atoms with Crippen LogP contribution in [-0.2, 0) is 9.53 Å². The van der Waals surface area contributed by atoms with E-state index in [1.807, 2.05) is 19.1 Å². The molecule has 0 saturated heterocycles. The van der Waals surface area contributed by atoms with Gasteiger partial charge in [0.25, 0.3) is 0 Å². The molecule has 0 atom stereocenters. The lowest BCUT2D eigenvalue weighted by molar-refractivity contribution is -0.137. The Morgan fingerprint density at radius 2 is 1.52 bits per heavy atom. The normalized spacial score (nSPS) is 10.8. The molecule has 0 aromatic heterocycles. The standard InChI is InChI=1S/C22H34O5/c1-5-9-15-26-21(23)11-10-18-16-19(24-12-6-2)17-20(25-13-7-3)22(18)27-14-8-4/h10-11,16-17H,5-9,12-15H2,1-4H3. The van der Waals surface area contributed by atoms with E-state index in [0.29, 0.717) is 43.7 Å². The predicted molar refractivity (Wildman–Crippen MR) is 109 cm³/mol. The molecule has 1 rings (SSSR count). The summed E-state index contributed by atoms with van der Waals surface area (Å²) in [6.07, 6.45) is 7.66. The highest BCUT2D eigenvalue weighted by Crippen LogP contribution is 2.37. The first kappa shape index (κ1) is 22.9. The van der Waals surface area contributed by atoms with E-state index in [1.165, 1.54) is 6.08 Å². The molecule has 27 heavy (non-hydrogen) atoms. The number of hydrogen-bond acceptors (Lipinski definition) is 5. The monoisotopic (exact) mass is 378 g/mol. The van der Waals surface area contributed by atoms with Gasteiger partial charge in [-0.15, -0.1) is 0 Å². The minimum absolute atomic E-state index is 0.360. The number of carbonyl (C=O) groups excluding carboxylic acids is 1. The molecule has 5 heteroatoms. The molecule has 152 valence electrons. The van der Waals surface area contributed by atoms with E-state index in [-0.39, 0.29) is 5.97 Å². The van der Waals surface area contributed by atoms with Gasteiger partial charge in [-0.25, -0.2) is 4.79 Å². The zero-order chi connectivity index (χ0) is 19.9. The number of ether oxygens (including phenoxy) is 4. The second-order valence-electron chi connectivity index (χ2n) is 6.24. The Labute approximate surface area is 163 Å². The molecule has 0 aliphatic rings. The van der Waals surface area contributed by atoms with Crippen molar-refractivity contribution in [1.82, 2.24) is 0 Å². The van der Waals surface area contributed by atoms with E-state index in [0.717, 1.165) is 37.7 Å². The fraction of sp³-hybridized carbons (Fsp3) is 0.591. The SMILES string of the molecule is CCCCOC(=O)C=Cc1cc(OCCC)cc(OCCC)c1OCCC. The van der Waals surface area contributed by atoms with Crippen LogP contribution in [0.2, 0.25) is 0 Å². The van der Waals surface area contributed by atoms with Crippen LogP contribution in [0.5, 0.6) is 17.2 Å². The van der Waals surface area contributed by atoms with Crippen molar-refractivity contribution in [2.24, 2.45) is 0 Å². The Kier molecular flexibility index (Phi) is 11.8. The van der Waals surface area contributed by atoms with Crippen LogP contribution in [0, 0.1) is 0 Å². The Morgan fingerprint density at radius 1 is 0.852 bits per heavy atom. The number of unbranched alkanes of at least 4 members (excludes halogenated alkanes) is 1. The maximum atomic E-state index is 11.9. The van der Waals surface area contributed by atoms with Crippen molar-refractivity contribution >= 4 is 12.0 Å². The van der Waals surface area contributed by atoms with Gasteiger partial charge < -0.3 is 18.9 Å². The van der Waals surface area contributed by atoms with Crippen LogP contribution in [0.25, 0.3) is 6.08 Å². The fourth-order valence-corrected chi connectivity index (χ4v) is 2.23. The highest BCUT2D eigenvalue weighted by molar-refractivity contribution is 5.88. The van der Waals surface area contributed by atoms with E-state index >= 15 is 0 Å². The second kappa shape index (κ2) is 14.0. The molecule has 0 saturated carbocycles. The van der Waals surface area contributed by atoms with Crippen molar-refractivity contribution < 1.29 is 23.7 Å². The molecule has 0 aliphatic heterocycles. The number of carbonyl (C=O) groups is 1. The third-order valence-corrected chi connectivity index (χ3v) is 3.58. The van der Waals surface area contributed by atoms with Crippen molar-refractivity contribution in [3.8, 4) is 17.2 Å². The predicted octanol–water partition coefficient (Wildman–Crippen LogP) is 5.41. The van der Waals surface area contributed by atoms with E-state index < -0.39 is 0 Å². The highest BCUT2D eigenvalue weighted by atomic mass is 16.5. The van der Waals surface area contributed by atoms with Gasteiger partial charge in [0.05, 0.1) is 26.4 Å². The summed E-state index contributed by atoms with van der Waals surface area (Å²) in [5, 5.41) is 0. The van der Waals surface area contributed by atoms with Crippen LogP contribution in [0.4, 0.5) is 0 Å². The van der Waals surface area contributed by atoms with Crippen LogP contribution in [-0.4, -0.2) is 32.4 Å². The van der Waals surface area contributed by atoms with Crippen molar-refractivity contribution in [1.29, 1.82) is 0 Å². The molecule has 0 radical (unpaired) electrons. The minimum atomic E-state index is -0.360. The third kappa shape index (κ3) is 8.85. The Morgan fingerprint density at radius 3 is 2.19 bits per heavy atom. The van der Waals surface area contributed by atoms with Gasteiger partial charge in [-0.05, 0) is 37.8 Å². The summed E-state index contributed by atoms with van der Waals surface area (Å²) in [6.45, 7) is 10.4. The minimum Gasteiger partial charge on any atom is -0.493 e. The van der Waals surface area contributed by atoms with Crippen molar-refractivity contribution in [2.75, 3.05) is 26.4 Å². The first-order chi connectivity index (χ1) is 13.2. The zero-order valence-electron chi connectivity index (χ0n) is 17.2. The van der Waals surface area contributed by atoms with Gasteiger partial charge >= 0.3 is 5.97 Å². The molecule has 0 bridgehead atoms. The topological polar surface area (TPSA) is 54.0 Å². The van der Waals surface area contributed by atoms with E-state index in [1.54, 1.807) is 6.08 Å². The summed E-state index contributed by atoms with van der Waals surface area (Å²) >= 11 is 0. The van der Waals surface area contributed by atoms with Crippen LogP contribution in [0.3, 0.4) is 0 Å². The lowest BCUT2D eigenvalue weighted by atomic mass is 10.1. The van der Waals surface area contributed by atoms with Gasteiger partial charge in [0.15, 0.2) is 11.5 Å². The molecule has 1 aromatic carbocycles. The maximum Gasteiger partial charge on any atom is 0.330 e. The van der Waals surface area contributed by atoms with Gasteiger partial charge in [-0.3, -0.25) is 0 Å². The lowest BCUT2D eigenvalue weighted by Crippen LogP contribution is -2.05. The molecule has 0 aliphatic carbocycles. The van der Waals surface area contributed by atoms with Crippen LogP contribution in [0.1, 0.15) is 65.4 Å². The molecular weight excluding hydrogens is 344 g/mol. The first-order valence-electron chi connectivity index (χ1n) is 10.1. The molecule has 0 amide bonds. The highest BCUT2D eigenvalue weighted by Gasteiger charge is 2.14. The van der Waals surface area contributed by atoms with Gasteiger partial charge in [-0.2, -0.15) is 0 Å². The first-order valence-corrected chi connectivity index (χ1v) is 10.1. The summed E-state index contributed by atoms with van der Waals surface area (Å²) in [5.74, 6) is 1.61. The van der Waals surface area contributed by atoms with Crippen LogP contribution in [0.15, 0.2) is 18.2 Å². The summed E-state index contributed by atoms with van der Waals surface area (Å²) < 4.78 is 22.8. The van der Waals surface area contributed by atoms with E-state index in [2.05, 4.69) is 20.8 Å². The summed E-state index contributed by atoms with van der Waals surface area (Å²) in [4.78, 5) is 11.9. The van der Waals surface area contributed by atoms with Crippen LogP contribution >= 0.6 is 0 Å². The molecule has 5 nitrogen and oxygen atoms in total. The van der Waals surface area contributed by atoms with Crippen molar-refractivity contribution in [3.05, 3.63) is 23.8 Å². The number of benzene rings is 1. The average Bonchev–Trinajstić information content (AvgIpc) is 2.68. The molecule has 0 heterocycles. The lowest BCUT2D eigenvalue weighted by Gasteiger charge is -2.17. The Balaban J connectivity index is 3.11. The van der Waals surface area contributed by atoms with Gasteiger partial charge in [0.2, 0.25) is 0 Å². The van der Waals surface area contributed by atoms with Crippen molar-refractivity contribution in [2.45, 2.75) is 59.8 Å². The molecule has 0 N–H and O–H groups in total. The number of rotatable bonds is 14. The van der Waals surface area contributed by atoms with E-state index in [9.17, 15) is 4.79 Å². The van der Waals surface area contributed by atoms with Crippen LogP contribution < -0.4 is 14.2 Å². The van der Waals surface area contributed by atoms with Crippen molar-refractivity contribution in [3.63, 3.8) is 0 Å². The molecule has 1 aromatic rings. The largest absolute Gasteiger partial charge is 0.493 e. The summed E-state index contributed by atoms with van der Waals surface area (Å²) in [6, 6.07) is 3.72. The fourth-order valence-electron chi connectivity index (χ4n) is 2.23. The Hall–Kier alpha value is -2.17. The molecule has 0 unspecified atom stereocenters. The van der Waals surface area contributed by atoms with Gasteiger partial charge in [0.1, 0.15) is 5.75 Å². The number of hydrogen-bond donors (Lipinski definition) is 0. The third-order valence-electron chi connectivity index (χ3n) is 3.58. The molecule has 0 spiro atoms. The summed E-state index contributed by atoms with van der Waals surface area (Å²) in [5.41, 5.74) is 0.746. The average molecular weight is 379 g/mol.